The van der Waals surface area contributed by atoms with E-state index in [4.69, 9.17) is 4.98 Å². The summed E-state index contributed by atoms with van der Waals surface area (Å²) in [5.74, 6) is 1.07. The molecule has 1 saturated heterocycles. The molecule has 5 rings (SSSR count). The number of hydrogen-bond donors (Lipinski definition) is 2. The molecular formula is C23H26N4O. The SMILES string of the molecule is O=C(NC1CCCc2ccccc21)C1CCCN(c2nc3ccccc3[nH]2)C1. The number of fused-ring (bicyclic) bond motifs is 2. The Balaban J connectivity index is 1.29. The molecule has 3 aromatic rings. The standard InChI is InChI=1S/C23H26N4O/c28-22(24-19-13-5-8-16-7-1-2-10-18(16)19)17-9-6-14-27(15-17)23-25-20-11-3-4-12-21(20)26-23/h1-4,7,10-12,17,19H,5-6,8-9,13-15H2,(H,24,28)(H,25,26). The summed E-state index contributed by atoms with van der Waals surface area (Å²) in [5, 5.41) is 3.35. The van der Waals surface area contributed by atoms with E-state index in [9.17, 15) is 4.79 Å². The van der Waals surface area contributed by atoms with Gasteiger partial charge in [-0.1, -0.05) is 36.4 Å². The lowest BCUT2D eigenvalue weighted by Crippen LogP contribution is -2.44. The summed E-state index contributed by atoms with van der Waals surface area (Å²) >= 11 is 0. The zero-order valence-corrected chi connectivity index (χ0v) is 16.0. The molecule has 0 saturated carbocycles. The monoisotopic (exact) mass is 374 g/mol. The van der Waals surface area contributed by atoms with Crippen LogP contribution in [0.5, 0.6) is 0 Å². The molecule has 144 valence electrons. The second-order valence-electron chi connectivity index (χ2n) is 8.01. The minimum absolute atomic E-state index is 0.0102. The Labute approximate surface area is 165 Å². The number of anilines is 1. The minimum Gasteiger partial charge on any atom is -0.349 e. The van der Waals surface area contributed by atoms with E-state index in [1.54, 1.807) is 0 Å². The first kappa shape index (κ1) is 17.3. The first-order valence-corrected chi connectivity index (χ1v) is 10.4. The highest BCUT2D eigenvalue weighted by atomic mass is 16.2. The number of aromatic amines is 1. The first-order valence-electron chi connectivity index (χ1n) is 10.4. The topological polar surface area (TPSA) is 61.0 Å². The largest absolute Gasteiger partial charge is 0.349 e. The Kier molecular flexibility index (Phi) is 4.51. The van der Waals surface area contributed by atoms with Crippen molar-refractivity contribution in [1.29, 1.82) is 0 Å². The number of benzene rings is 2. The molecule has 2 unspecified atom stereocenters. The fourth-order valence-corrected chi connectivity index (χ4v) is 4.67. The van der Waals surface area contributed by atoms with E-state index >= 15 is 0 Å². The molecule has 1 fully saturated rings. The molecule has 5 nitrogen and oxygen atoms in total. The van der Waals surface area contributed by atoms with Gasteiger partial charge in [-0.25, -0.2) is 4.98 Å². The van der Waals surface area contributed by atoms with Crippen molar-refractivity contribution in [2.75, 3.05) is 18.0 Å². The molecule has 2 aliphatic rings. The molecule has 28 heavy (non-hydrogen) atoms. The Morgan fingerprint density at radius 2 is 1.93 bits per heavy atom. The maximum Gasteiger partial charge on any atom is 0.225 e. The molecule has 0 spiro atoms. The van der Waals surface area contributed by atoms with E-state index in [1.807, 2.05) is 24.3 Å². The van der Waals surface area contributed by atoms with Crippen LogP contribution in [0.1, 0.15) is 42.9 Å². The summed E-state index contributed by atoms with van der Waals surface area (Å²) in [6, 6.07) is 16.8. The van der Waals surface area contributed by atoms with E-state index in [1.165, 1.54) is 11.1 Å². The average molecular weight is 374 g/mol. The van der Waals surface area contributed by atoms with Crippen LogP contribution in [0.25, 0.3) is 11.0 Å². The molecule has 2 atom stereocenters. The number of hydrogen-bond acceptors (Lipinski definition) is 3. The lowest BCUT2D eigenvalue weighted by atomic mass is 9.87. The molecule has 2 aromatic carbocycles. The third-order valence-corrected chi connectivity index (χ3v) is 6.15. The first-order chi connectivity index (χ1) is 13.8. The maximum atomic E-state index is 13.1. The van der Waals surface area contributed by atoms with Crippen LogP contribution in [0.2, 0.25) is 0 Å². The molecule has 2 N–H and O–H groups in total. The molecule has 0 radical (unpaired) electrons. The van der Waals surface area contributed by atoms with E-state index in [2.05, 4.69) is 39.5 Å². The fraction of sp³-hybridized carbons (Fsp3) is 0.391. The number of aromatic nitrogens is 2. The molecule has 2 heterocycles. The van der Waals surface area contributed by atoms with Crippen LogP contribution >= 0.6 is 0 Å². The predicted molar refractivity (Wildman–Crippen MR) is 111 cm³/mol. The average Bonchev–Trinajstić information content (AvgIpc) is 3.18. The van der Waals surface area contributed by atoms with Crippen LogP contribution in [0.15, 0.2) is 48.5 Å². The van der Waals surface area contributed by atoms with Crippen molar-refractivity contribution in [3.8, 4) is 0 Å². The second-order valence-corrected chi connectivity index (χ2v) is 8.01. The molecule has 1 aliphatic heterocycles. The number of aryl methyl sites for hydroxylation is 1. The van der Waals surface area contributed by atoms with Crippen LogP contribution in [-0.4, -0.2) is 29.0 Å². The Hall–Kier alpha value is -2.82. The normalized spacial score (nSPS) is 22.1. The van der Waals surface area contributed by atoms with Crippen LogP contribution in [0.3, 0.4) is 0 Å². The van der Waals surface area contributed by atoms with Crippen molar-refractivity contribution >= 4 is 22.9 Å². The van der Waals surface area contributed by atoms with Crippen LogP contribution in [-0.2, 0) is 11.2 Å². The maximum absolute atomic E-state index is 13.1. The molecular weight excluding hydrogens is 348 g/mol. The summed E-state index contributed by atoms with van der Waals surface area (Å²) in [5.41, 5.74) is 4.70. The van der Waals surface area contributed by atoms with E-state index in [0.717, 1.165) is 62.2 Å². The number of amides is 1. The van der Waals surface area contributed by atoms with Gasteiger partial charge >= 0.3 is 0 Å². The van der Waals surface area contributed by atoms with Crippen molar-refractivity contribution in [3.05, 3.63) is 59.7 Å². The molecule has 1 aliphatic carbocycles. The van der Waals surface area contributed by atoms with Crippen molar-refractivity contribution < 1.29 is 4.79 Å². The van der Waals surface area contributed by atoms with Gasteiger partial charge in [0.2, 0.25) is 11.9 Å². The molecule has 1 aromatic heterocycles. The third-order valence-electron chi connectivity index (χ3n) is 6.15. The van der Waals surface area contributed by atoms with Crippen LogP contribution in [0, 0.1) is 5.92 Å². The zero-order valence-electron chi connectivity index (χ0n) is 16.0. The lowest BCUT2D eigenvalue weighted by Gasteiger charge is -2.33. The number of rotatable bonds is 3. The molecule has 5 heteroatoms. The van der Waals surface area contributed by atoms with Gasteiger partial charge < -0.3 is 15.2 Å². The summed E-state index contributed by atoms with van der Waals surface area (Å²) in [4.78, 5) is 23.4. The van der Waals surface area contributed by atoms with Gasteiger partial charge in [0.1, 0.15) is 0 Å². The Bertz CT molecular complexity index is 962. The summed E-state index contributed by atoms with van der Waals surface area (Å²) < 4.78 is 0. The Morgan fingerprint density at radius 3 is 2.86 bits per heavy atom. The highest BCUT2D eigenvalue weighted by molar-refractivity contribution is 5.81. The predicted octanol–water partition coefficient (Wildman–Crippen LogP) is 3.97. The zero-order chi connectivity index (χ0) is 18.9. The fourth-order valence-electron chi connectivity index (χ4n) is 4.67. The lowest BCUT2D eigenvalue weighted by molar-refractivity contribution is -0.126. The summed E-state index contributed by atoms with van der Waals surface area (Å²) in [6.45, 7) is 1.66. The van der Waals surface area contributed by atoms with Crippen molar-refractivity contribution in [2.24, 2.45) is 5.92 Å². The summed E-state index contributed by atoms with van der Waals surface area (Å²) in [6.07, 6.45) is 5.24. The third kappa shape index (κ3) is 3.26. The van der Waals surface area contributed by atoms with E-state index in [0.29, 0.717) is 0 Å². The number of nitrogens with zero attached hydrogens (tertiary/aromatic N) is 2. The van der Waals surface area contributed by atoms with Gasteiger partial charge in [0.05, 0.1) is 23.0 Å². The van der Waals surface area contributed by atoms with Gasteiger partial charge in [-0.2, -0.15) is 0 Å². The number of para-hydroxylation sites is 2. The quantitative estimate of drug-likeness (QED) is 0.729. The highest BCUT2D eigenvalue weighted by Gasteiger charge is 2.30. The van der Waals surface area contributed by atoms with Crippen LogP contribution in [0.4, 0.5) is 5.95 Å². The number of carbonyl (C=O) groups is 1. The van der Waals surface area contributed by atoms with Gasteiger partial charge in [0, 0.05) is 13.1 Å². The van der Waals surface area contributed by atoms with Gasteiger partial charge in [-0.3, -0.25) is 4.79 Å². The summed E-state index contributed by atoms with van der Waals surface area (Å²) in [7, 11) is 0. The van der Waals surface area contributed by atoms with Gasteiger partial charge in [0.25, 0.3) is 0 Å². The number of piperidine rings is 1. The van der Waals surface area contributed by atoms with Gasteiger partial charge in [-0.05, 0) is 55.4 Å². The smallest absolute Gasteiger partial charge is 0.225 e. The molecule has 0 bridgehead atoms. The number of H-pyrrole nitrogens is 1. The van der Waals surface area contributed by atoms with Gasteiger partial charge in [-0.15, -0.1) is 0 Å². The van der Waals surface area contributed by atoms with E-state index in [-0.39, 0.29) is 17.9 Å². The Morgan fingerprint density at radius 1 is 1.07 bits per heavy atom. The van der Waals surface area contributed by atoms with Gasteiger partial charge in [0.15, 0.2) is 0 Å². The van der Waals surface area contributed by atoms with Crippen LogP contribution < -0.4 is 10.2 Å². The number of imidazole rings is 1. The second kappa shape index (κ2) is 7.30. The molecule has 1 amide bonds. The van der Waals surface area contributed by atoms with Crippen molar-refractivity contribution in [3.63, 3.8) is 0 Å². The van der Waals surface area contributed by atoms with Crippen molar-refractivity contribution in [2.45, 2.75) is 38.1 Å². The number of nitrogens with one attached hydrogen (secondary N) is 2. The number of carbonyl (C=O) groups excluding carboxylic acids is 1. The van der Waals surface area contributed by atoms with Crippen molar-refractivity contribution in [1.82, 2.24) is 15.3 Å². The minimum atomic E-state index is 0.0102. The highest BCUT2D eigenvalue weighted by Crippen LogP contribution is 2.30. The van der Waals surface area contributed by atoms with E-state index < -0.39 is 0 Å².